The third kappa shape index (κ3) is 8.86. The Morgan fingerprint density at radius 3 is 2.51 bits per heavy atom. The number of hydrogen-bond acceptors (Lipinski definition) is 6. The first-order valence-electron chi connectivity index (χ1n) is 10.9. The summed E-state index contributed by atoms with van der Waals surface area (Å²) < 4.78 is 31.7. The highest BCUT2D eigenvalue weighted by atomic mass is 19.4. The molecule has 0 aliphatic carbocycles. The van der Waals surface area contributed by atoms with Gasteiger partial charge in [-0.2, -0.15) is 18.4 Å². The summed E-state index contributed by atoms with van der Waals surface area (Å²) in [6, 6.07) is 10.3. The topological polar surface area (TPSA) is 131 Å². The number of aromatic nitrogens is 2. The number of carbonyl (C=O) groups excluding carboxylic acids is 1. The van der Waals surface area contributed by atoms with Crippen molar-refractivity contribution in [2.75, 3.05) is 32.7 Å². The van der Waals surface area contributed by atoms with Crippen molar-refractivity contribution in [3.63, 3.8) is 0 Å². The first-order valence-corrected chi connectivity index (χ1v) is 10.9. The molecule has 35 heavy (non-hydrogen) atoms. The molecule has 0 radical (unpaired) electrons. The van der Waals surface area contributed by atoms with Crippen LogP contribution in [-0.2, 0) is 11.2 Å². The van der Waals surface area contributed by atoms with Crippen LogP contribution in [0.1, 0.15) is 29.1 Å². The Kier molecular flexibility index (Phi) is 9.96. The van der Waals surface area contributed by atoms with E-state index in [1.165, 1.54) is 11.1 Å². The standard InChI is InChI=1S/C21H26N6O.C2HF3O2/c1-15-5-6-17(12-16(15)2)19-13-18(25-20(14-22)26-19)4-3-7-23-8-10-27-11-9-24-21(27)28;3-2(4,5)1(6)7/h5-6,12-13,23H,3-4,7-11H2,1-2H3,(H,24,28);(H,6,7). The maximum Gasteiger partial charge on any atom is 0.490 e. The predicted molar refractivity (Wildman–Crippen MR) is 122 cm³/mol. The van der Waals surface area contributed by atoms with Gasteiger partial charge in [-0.3, -0.25) is 0 Å². The smallest absolute Gasteiger partial charge is 0.475 e. The van der Waals surface area contributed by atoms with Crippen LogP contribution >= 0.6 is 0 Å². The van der Waals surface area contributed by atoms with E-state index in [2.05, 4.69) is 52.7 Å². The fraction of sp³-hybridized carbons (Fsp3) is 0.435. The zero-order valence-corrected chi connectivity index (χ0v) is 19.4. The molecule has 1 aromatic heterocycles. The van der Waals surface area contributed by atoms with Crippen molar-refractivity contribution >= 4 is 12.0 Å². The van der Waals surface area contributed by atoms with Crippen molar-refractivity contribution < 1.29 is 27.9 Å². The Labute approximate surface area is 201 Å². The average molecular weight is 493 g/mol. The van der Waals surface area contributed by atoms with Crippen LogP contribution in [0.3, 0.4) is 0 Å². The molecule has 0 saturated carbocycles. The molecule has 9 nitrogen and oxygen atoms in total. The van der Waals surface area contributed by atoms with E-state index in [1.807, 2.05) is 17.0 Å². The zero-order valence-electron chi connectivity index (χ0n) is 19.4. The van der Waals surface area contributed by atoms with Gasteiger partial charge in [-0.15, -0.1) is 0 Å². The molecule has 1 saturated heterocycles. The quantitative estimate of drug-likeness (QED) is 0.483. The molecule has 0 bridgehead atoms. The lowest BCUT2D eigenvalue weighted by Gasteiger charge is -2.14. The minimum Gasteiger partial charge on any atom is -0.475 e. The average Bonchev–Trinajstić information content (AvgIpc) is 3.22. The van der Waals surface area contributed by atoms with Gasteiger partial charge in [0.15, 0.2) is 0 Å². The number of hydrogen-bond donors (Lipinski definition) is 3. The number of carboxylic acid groups (broad SMARTS) is 1. The summed E-state index contributed by atoms with van der Waals surface area (Å²) in [6.07, 6.45) is -3.41. The zero-order chi connectivity index (χ0) is 26.0. The summed E-state index contributed by atoms with van der Waals surface area (Å²) in [4.78, 5) is 30.9. The lowest BCUT2D eigenvalue weighted by molar-refractivity contribution is -0.192. The number of carbonyl (C=O) groups is 2. The number of nitrogens with one attached hydrogen (secondary N) is 2. The van der Waals surface area contributed by atoms with Crippen LogP contribution in [0.5, 0.6) is 0 Å². The van der Waals surface area contributed by atoms with Crippen LogP contribution in [0.4, 0.5) is 18.0 Å². The molecular formula is C23H27F3N6O3. The third-order valence-electron chi connectivity index (χ3n) is 5.21. The van der Waals surface area contributed by atoms with Crippen LogP contribution in [-0.4, -0.2) is 70.9 Å². The number of urea groups is 1. The molecule has 188 valence electrons. The summed E-state index contributed by atoms with van der Waals surface area (Å²) in [6.45, 7) is 7.98. The maximum atomic E-state index is 11.5. The van der Waals surface area contributed by atoms with Crippen LogP contribution in [0, 0.1) is 25.2 Å². The third-order valence-corrected chi connectivity index (χ3v) is 5.21. The first-order chi connectivity index (χ1) is 16.5. The van der Waals surface area contributed by atoms with Crippen molar-refractivity contribution in [2.24, 2.45) is 0 Å². The molecule has 0 unspecified atom stereocenters. The second kappa shape index (κ2) is 12.7. The number of benzene rings is 1. The molecule has 3 rings (SSSR count). The second-order valence-electron chi connectivity index (χ2n) is 7.85. The number of halogens is 3. The van der Waals surface area contributed by atoms with Gasteiger partial charge < -0.3 is 20.6 Å². The van der Waals surface area contributed by atoms with E-state index in [4.69, 9.17) is 9.90 Å². The number of alkyl halides is 3. The Hall–Kier alpha value is -3.72. The predicted octanol–water partition coefficient (Wildman–Crippen LogP) is 2.81. The van der Waals surface area contributed by atoms with Crippen molar-refractivity contribution in [1.82, 2.24) is 25.5 Å². The number of nitriles is 1. The molecule has 1 aliphatic rings. The summed E-state index contributed by atoms with van der Waals surface area (Å²) in [5.74, 6) is -2.55. The second-order valence-corrected chi connectivity index (χ2v) is 7.85. The Morgan fingerprint density at radius 2 is 1.94 bits per heavy atom. The van der Waals surface area contributed by atoms with Crippen LogP contribution in [0.2, 0.25) is 0 Å². The Balaban J connectivity index is 0.000000540. The summed E-state index contributed by atoms with van der Waals surface area (Å²) in [5, 5.41) is 22.6. The highest BCUT2D eigenvalue weighted by Crippen LogP contribution is 2.21. The summed E-state index contributed by atoms with van der Waals surface area (Å²) >= 11 is 0. The fourth-order valence-electron chi connectivity index (χ4n) is 3.18. The molecule has 2 amide bonds. The minimum absolute atomic E-state index is 0.0192. The van der Waals surface area contributed by atoms with Gasteiger partial charge in [0.05, 0.1) is 5.69 Å². The molecule has 2 aromatic rings. The Bertz CT molecular complexity index is 1090. The number of rotatable bonds is 8. The normalized spacial score (nSPS) is 13.0. The SMILES string of the molecule is Cc1ccc(-c2cc(CCCNCCN3CCNC3=O)nc(C#N)n2)cc1C.O=C(O)C(F)(F)F. The van der Waals surface area contributed by atoms with Gasteiger partial charge in [-0.25, -0.2) is 19.6 Å². The highest BCUT2D eigenvalue weighted by Gasteiger charge is 2.38. The fourth-order valence-corrected chi connectivity index (χ4v) is 3.18. The van der Waals surface area contributed by atoms with E-state index in [1.54, 1.807) is 0 Å². The van der Waals surface area contributed by atoms with Gasteiger partial charge in [0.1, 0.15) is 6.07 Å². The van der Waals surface area contributed by atoms with Gasteiger partial charge in [0, 0.05) is 37.4 Å². The van der Waals surface area contributed by atoms with Gasteiger partial charge in [-0.05, 0) is 56.5 Å². The first kappa shape index (κ1) is 27.5. The van der Waals surface area contributed by atoms with E-state index < -0.39 is 12.1 Å². The molecule has 0 atom stereocenters. The number of aryl methyl sites for hydroxylation is 3. The highest BCUT2D eigenvalue weighted by molar-refractivity contribution is 5.76. The molecular weight excluding hydrogens is 465 g/mol. The van der Waals surface area contributed by atoms with Crippen molar-refractivity contribution in [1.29, 1.82) is 5.26 Å². The molecule has 3 N–H and O–H groups in total. The van der Waals surface area contributed by atoms with E-state index in [-0.39, 0.29) is 11.9 Å². The molecule has 1 fully saturated rings. The van der Waals surface area contributed by atoms with E-state index in [9.17, 15) is 23.2 Å². The van der Waals surface area contributed by atoms with Gasteiger partial charge >= 0.3 is 18.2 Å². The van der Waals surface area contributed by atoms with Crippen molar-refractivity contribution in [2.45, 2.75) is 32.9 Å². The maximum absolute atomic E-state index is 11.5. The number of amides is 2. The number of aliphatic carboxylic acids is 1. The lowest BCUT2D eigenvalue weighted by atomic mass is 10.0. The monoisotopic (exact) mass is 492 g/mol. The molecule has 1 aliphatic heterocycles. The summed E-state index contributed by atoms with van der Waals surface area (Å²) in [5.41, 5.74) is 5.10. The Morgan fingerprint density at radius 1 is 1.23 bits per heavy atom. The summed E-state index contributed by atoms with van der Waals surface area (Å²) in [7, 11) is 0. The van der Waals surface area contributed by atoms with Gasteiger partial charge in [-0.1, -0.05) is 12.1 Å². The molecule has 12 heteroatoms. The van der Waals surface area contributed by atoms with E-state index >= 15 is 0 Å². The minimum atomic E-state index is -5.08. The van der Waals surface area contributed by atoms with Crippen LogP contribution in [0.25, 0.3) is 11.3 Å². The molecule has 1 aromatic carbocycles. The molecule has 2 heterocycles. The van der Waals surface area contributed by atoms with E-state index in [0.29, 0.717) is 0 Å². The van der Waals surface area contributed by atoms with Gasteiger partial charge in [0.25, 0.3) is 0 Å². The largest absolute Gasteiger partial charge is 0.490 e. The lowest BCUT2D eigenvalue weighted by Crippen LogP contribution is -2.35. The molecule has 0 spiro atoms. The van der Waals surface area contributed by atoms with Crippen LogP contribution in [0.15, 0.2) is 24.3 Å². The van der Waals surface area contributed by atoms with Crippen molar-refractivity contribution in [3.05, 3.63) is 46.9 Å². The van der Waals surface area contributed by atoms with Gasteiger partial charge in [0.2, 0.25) is 5.82 Å². The van der Waals surface area contributed by atoms with Crippen molar-refractivity contribution in [3.8, 4) is 17.3 Å². The van der Waals surface area contributed by atoms with Crippen LogP contribution < -0.4 is 10.6 Å². The van der Waals surface area contributed by atoms with E-state index in [0.717, 1.165) is 62.5 Å². The number of nitrogens with zero attached hydrogens (tertiary/aromatic N) is 4. The number of carboxylic acids is 1.